The van der Waals surface area contributed by atoms with E-state index in [2.05, 4.69) is 10.4 Å². The van der Waals surface area contributed by atoms with Gasteiger partial charge < -0.3 is 10.4 Å². The molecule has 2 unspecified atom stereocenters. The summed E-state index contributed by atoms with van der Waals surface area (Å²) in [5.74, 6) is 0.235. The lowest BCUT2D eigenvalue weighted by Gasteiger charge is -2.15. The van der Waals surface area contributed by atoms with E-state index in [1.807, 2.05) is 20.9 Å². The van der Waals surface area contributed by atoms with Crippen LogP contribution < -0.4 is 5.32 Å². The van der Waals surface area contributed by atoms with Crippen molar-refractivity contribution in [1.82, 2.24) is 15.1 Å². The summed E-state index contributed by atoms with van der Waals surface area (Å²) < 4.78 is 1.80. The third kappa shape index (κ3) is 3.15. The SMILES string of the molecule is Cc1nn(C)c(C)c1CC(=O)NCC1CCCC1O. The summed E-state index contributed by atoms with van der Waals surface area (Å²) in [6.07, 6.45) is 3.05. The Bertz CT molecular complexity index is 468. The van der Waals surface area contributed by atoms with Crippen molar-refractivity contribution >= 4 is 5.91 Å². The Morgan fingerprint density at radius 3 is 2.74 bits per heavy atom. The van der Waals surface area contributed by atoms with Gasteiger partial charge in [-0.05, 0) is 26.7 Å². The fraction of sp³-hybridized carbons (Fsp3) is 0.714. The molecule has 1 saturated carbocycles. The van der Waals surface area contributed by atoms with Crippen LogP contribution in [0.1, 0.15) is 36.2 Å². The predicted molar refractivity (Wildman–Crippen MR) is 72.7 cm³/mol. The molecule has 0 radical (unpaired) electrons. The van der Waals surface area contributed by atoms with Crippen molar-refractivity contribution in [3.05, 3.63) is 17.0 Å². The number of hydrogen-bond donors (Lipinski definition) is 2. The highest BCUT2D eigenvalue weighted by Crippen LogP contribution is 2.24. The molecule has 0 aromatic carbocycles. The van der Waals surface area contributed by atoms with Crippen LogP contribution in [0.5, 0.6) is 0 Å². The first kappa shape index (κ1) is 14.1. The summed E-state index contributed by atoms with van der Waals surface area (Å²) >= 11 is 0. The van der Waals surface area contributed by atoms with Gasteiger partial charge in [0.15, 0.2) is 0 Å². The normalized spacial score (nSPS) is 22.7. The first-order valence-corrected chi connectivity index (χ1v) is 6.93. The van der Waals surface area contributed by atoms with E-state index in [-0.39, 0.29) is 17.9 Å². The zero-order valence-electron chi connectivity index (χ0n) is 11.9. The van der Waals surface area contributed by atoms with E-state index >= 15 is 0 Å². The molecule has 1 aromatic rings. The molecular weight excluding hydrogens is 242 g/mol. The molecular formula is C14H23N3O2. The van der Waals surface area contributed by atoms with Gasteiger partial charge in [-0.3, -0.25) is 9.48 Å². The van der Waals surface area contributed by atoms with Crippen LogP contribution in [0.25, 0.3) is 0 Å². The van der Waals surface area contributed by atoms with Crippen LogP contribution in [0.15, 0.2) is 0 Å². The van der Waals surface area contributed by atoms with Gasteiger partial charge in [-0.25, -0.2) is 0 Å². The highest BCUT2D eigenvalue weighted by atomic mass is 16.3. The van der Waals surface area contributed by atoms with Crippen molar-refractivity contribution in [2.45, 2.75) is 45.6 Å². The minimum atomic E-state index is -0.248. The van der Waals surface area contributed by atoms with E-state index in [1.54, 1.807) is 4.68 Å². The lowest BCUT2D eigenvalue weighted by molar-refractivity contribution is -0.120. The molecule has 1 aliphatic rings. The average Bonchev–Trinajstić information content (AvgIpc) is 2.86. The first-order valence-electron chi connectivity index (χ1n) is 6.93. The number of aliphatic hydroxyl groups excluding tert-OH is 1. The van der Waals surface area contributed by atoms with Crippen molar-refractivity contribution in [3.63, 3.8) is 0 Å². The van der Waals surface area contributed by atoms with Crippen molar-refractivity contribution in [3.8, 4) is 0 Å². The van der Waals surface area contributed by atoms with Gasteiger partial charge in [0.1, 0.15) is 0 Å². The van der Waals surface area contributed by atoms with Gasteiger partial charge in [0.2, 0.25) is 5.91 Å². The standard InChI is InChI=1S/C14H23N3O2/c1-9-12(10(2)17(3)16-9)7-14(19)15-8-11-5-4-6-13(11)18/h11,13,18H,4-8H2,1-3H3,(H,15,19). The maximum atomic E-state index is 12.0. The molecule has 5 nitrogen and oxygen atoms in total. The largest absolute Gasteiger partial charge is 0.393 e. The summed E-state index contributed by atoms with van der Waals surface area (Å²) in [6, 6.07) is 0. The van der Waals surface area contributed by atoms with Crippen molar-refractivity contribution < 1.29 is 9.90 Å². The number of nitrogens with one attached hydrogen (secondary N) is 1. The van der Waals surface area contributed by atoms with Crippen LogP contribution in [-0.2, 0) is 18.3 Å². The molecule has 1 fully saturated rings. The van der Waals surface area contributed by atoms with Gasteiger partial charge >= 0.3 is 0 Å². The van der Waals surface area contributed by atoms with Gasteiger partial charge in [0.05, 0.1) is 18.2 Å². The summed E-state index contributed by atoms with van der Waals surface area (Å²) in [5.41, 5.74) is 2.96. The molecule has 5 heteroatoms. The number of aliphatic hydroxyl groups is 1. The zero-order valence-corrected chi connectivity index (χ0v) is 11.9. The number of amides is 1. The smallest absolute Gasteiger partial charge is 0.224 e. The number of carbonyl (C=O) groups is 1. The molecule has 1 amide bonds. The van der Waals surface area contributed by atoms with Crippen molar-refractivity contribution in [1.29, 1.82) is 0 Å². The minimum Gasteiger partial charge on any atom is -0.393 e. The monoisotopic (exact) mass is 265 g/mol. The first-order chi connectivity index (χ1) is 8.99. The molecule has 1 aromatic heterocycles. The fourth-order valence-electron chi connectivity index (χ4n) is 2.80. The summed E-state index contributed by atoms with van der Waals surface area (Å²) in [7, 11) is 1.89. The van der Waals surface area contributed by atoms with Gasteiger partial charge in [0.25, 0.3) is 0 Å². The second kappa shape index (κ2) is 5.74. The Labute approximate surface area is 114 Å². The number of carbonyl (C=O) groups excluding carboxylic acids is 1. The maximum absolute atomic E-state index is 12.0. The number of aromatic nitrogens is 2. The summed E-state index contributed by atoms with van der Waals surface area (Å²) in [6.45, 7) is 4.48. The van der Waals surface area contributed by atoms with Crippen LogP contribution in [0.3, 0.4) is 0 Å². The Kier molecular flexibility index (Phi) is 4.24. The van der Waals surface area contributed by atoms with Crippen molar-refractivity contribution in [2.75, 3.05) is 6.54 Å². The van der Waals surface area contributed by atoms with Crippen molar-refractivity contribution in [2.24, 2.45) is 13.0 Å². The lowest BCUT2D eigenvalue weighted by atomic mass is 10.1. The van der Waals surface area contributed by atoms with Crippen LogP contribution in [0.2, 0.25) is 0 Å². The molecule has 0 bridgehead atoms. The van der Waals surface area contributed by atoms with Gasteiger partial charge in [0, 0.05) is 30.8 Å². The highest BCUT2D eigenvalue weighted by Gasteiger charge is 2.25. The Morgan fingerprint density at radius 1 is 1.47 bits per heavy atom. The molecule has 2 N–H and O–H groups in total. The van der Waals surface area contributed by atoms with E-state index < -0.39 is 0 Å². The van der Waals surface area contributed by atoms with Crippen LogP contribution in [-0.4, -0.2) is 33.4 Å². The van der Waals surface area contributed by atoms with E-state index in [0.717, 1.165) is 36.2 Å². The molecule has 19 heavy (non-hydrogen) atoms. The van der Waals surface area contributed by atoms with Crippen LogP contribution in [0.4, 0.5) is 0 Å². The molecule has 1 heterocycles. The van der Waals surface area contributed by atoms with E-state index in [9.17, 15) is 9.90 Å². The molecule has 0 aliphatic heterocycles. The third-order valence-corrected chi connectivity index (χ3v) is 4.18. The number of nitrogens with zero attached hydrogens (tertiary/aromatic N) is 2. The molecule has 2 rings (SSSR count). The Hall–Kier alpha value is -1.36. The van der Waals surface area contributed by atoms with E-state index in [0.29, 0.717) is 13.0 Å². The number of rotatable bonds is 4. The highest BCUT2D eigenvalue weighted by molar-refractivity contribution is 5.79. The van der Waals surface area contributed by atoms with E-state index in [4.69, 9.17) is 0 Å². The second-order valence-corrected chi connectivity index (χ2v) is 5.51. The fourth-order valence-corrected chi connectivity index (χ4v) is 2.80. The Balaban J connectivity index is 1.87. The van der Waals surface area contributed by atoms with Gasteiger partial charge in [-0.15, -0.1) is 0 Å². The molecule has 1 aliphatic carbocycles. The summed E-state index contributed by atoms with van der Waals surface area (Å²) in [4.78, 5) is 12.0. The topological polar surface area (TPSA) is 67.2 Å². The van der Waals surface area contributed by atoms with Gasteiger partial charge in [-0.2, -0.15) is 5.10 Å². The van der Waals surface area contributed by atoms with Gasteiger partial charge in [-0.1, -0.05) is 6.42 Å². The quantitative estimate of drug-likeness (QED) is 0.848. The number of aryl methyl sites for hydroxylation is 2. The minimum absolute atomic E-state index is 0.0123. The molecule has 0 saturated heterocycles. The molecule has 106 valence electrons. The lowest BCUT2D eigenvalue weighted by Crippen LogP contribution is -2.33. The third-order valence-electron chi connectivity index (χ3n) is 4.18. The summed E-state index contributed by atoms with van der Waals surface area (Å²) in [5, 5.41) is 17.0. The van der Waals surface area contributed by atoms with Crippen LogP contribution in [0, 0.1) is 19.8 Å². The molecule has 2 atom stereocenters. The van der Waals surface area contributed by atoms with E-state index in [1.165, 1.54) is 0 Å². The molecule has 0 spiro atoms. The number of hydrogen-bond acceptors (Lipinski definition) is 3. The maximum Gasteiger partial charge on any atom is 0.224 e. The Morgan fingerprint density at radius 2 is 2.21 bits per heavy atom. The average molecular weight is 265 g/mol. The zero-order chi connectivity index (χ0) is 14.0. The second-order valence-electron chi connectivity index (χ2n) is 5.51. The van der Waals surface area contributed by atoms with Crippen LogP contribution >= 0.6 is 0 Å². The predicted octanol–water partition coefficient (Wildman–Crippen LogP) is 0.857.